The van der Waals surface area contributed by atoms with Gasteiger partial charge in [0.1, 0.15) is 5.75 Å². The fourth-order valence-electron chi connectivity index (χ4n) is 2.30. The summed E-state index contributed by atoms with van der Waals surface area (Å²) in [5.41, 5.74) is 7.95. The Morgan fingerprint density at radius 2 is 2.00 bits per heavy atom. The number of rotatable bonds is 6. The van der Waals surface area contributed by atoms with Crippen LogP contribution in [0.25, 0.3) is 11.0 Å². The number of carbonyl (C=O) groups excluding carboxylic acids is 1. The zero-order valence-electron chi connectivity index (χ0n) is 12.1. The lowest BCUT2D eigenvalue weighted by Crippen LogP contribution is -2.12. The molecule has 0 atom stereocenters. The van der Waals surface area contributed by atoms with E-state index in [0.29, 0.717) is 12.1 Å². The Labute approximate surface area is 128 Å². The largest absolute Gasteiger partial charge is 0.494 e. The first-order chi connectivity index (χ1) is 10.7. The molecule has 3 aromatic rings. The van der Waals surface area contributed by atoms with Crippen molar-refractivity contribution in [1.29, 1.82) is 0 Å². The number of nitrogens with two attached hydrogens (primary N) is 1. The van der Waals surface area contributed by atoms with Gasteiger partial charge in [-0.2, -0.15) is 0 Å². The van der Waals surface area contributed by atoms with Crippen molar-refractivity contribution in [3.8, 4) is 5.75 Å². The molecule has 0 fully saturated rings. The summed E-state index contributed by atoms with van der Waals surface area (Å²) in [5.74, 6) is 0.334. The Morgan fingerprint density at radius 1 is 1.18 bits per heavy atom. The van der Waals surface area contributed by atoms with Crippen molar-refractivity contribution < 1.29 is 9.53 Å². The summed E-state index contributed by atoms with van der Waals surface area (Å²) in [6.07, 6.45) is 1.92. The molecular formula is C17H17N3O2. The molecule has 112 valence electrons. The number of amides is 1. The molecule has 0 bridgehead atoms. The van der Waals surface area contributed by atoms with E-state index in [0.717, 1.165) is 24.1 Å². The van der Waals surface area contributed by atoms with Crippen LogP contribution in [0.3, 0.4) is 0 Å². The summed E-state index contributed by atoms with van der Waals surface area (Å²) >= 11 is 0. The third-order valence-corrected chi connectivity index (χ3v) is 3.41. The summed E-state index contributed by atoms with van der Waals surface area (Å²) in [5, 5.41) is 0. The minimum atomic E-state index is -0.568. The Balaban J connectivity index is 1.58. The van der Waals surface area contributed by atoms with Gasteiger partial charge in [0.2, 0.25) is 0 Å². The number of hydrogen-bond donors (Lipinski definition) is 2. The summed E-state index contributed by atoms with van der Waals surface area (Å²) in [6.45, 7) is 0.632. The average molecular weight is 295 g/mol. The van der Waals surface area contributed by atoms with Crippen LogP contribution in [0.15, 0.2) is 48.5 Å². The van der Waals surface area contributed by atoms with Crippen molar-refractivity contribution in [2.24, 2.45) is 5.73 Å². The van der Waals surface area contributed by atoms with Crippen LogP contribution < -0.4 is 10.5 Å². The highest BCUT2D eigenvalue weighted by atomic mass is 16.5. The predicted molar refractivity (Wildman–Crippen MR) is 84.9 cm³/mol. The number of ether oxygens (including phenoxy) is 1. The molecule has 0 aliphatic carbocycles. The Morgan fingerprint density at radius 3 is 2.77 bits per heavy atom. The molecule has 0 spiro atoms. The van der Waals surface area contributed by atoms with Crippen molar-refractivity contribution in [3.63, 3.8) is 0 Å². The van der Waals surface area contributed by atoms with E-state index in [2.05, 4.69) is 22.1 Å². The number of hydrogen-bond acceptors (Lipinski definition) is 3. The number of aryl methyl sites for hydroxylation is 1. The molecule has 3 rings (SSSR count). The summed E-state index contributed by atoms with van der Waals surface area (Å²) in [4.78, 5) is 18.1. The molecular weight excluding hydrogens is 278 g/mol. The van der Waals surface area contributed by atoms with Crippen LogP contribution in [0.5, 0.6) is 5.75 Å². The molecule has 0 unspecified atom stereocenters. The number of nitrogens with zero attached hydrogens (tertiary/aromatic N) is 1. The first-order valence-corrected chi connectivity index (χ1v) is 7.19. The smallest absolute Gasteiger partial charge is 0.284 e. The number of benzene rings is 2. The maximum Gasteiger partial charge on any atom is 0.284 e. The van der Waals surface area contributed by atoms with Crippen molar-refractivity contribution in [2.75, 3.05) is 6.61 Å². The van der Waals surface area contributed by atoms with Crippen molar-refractivity contribution in [1.82, 2.24) is 9.97 Å². The molecule has 1 aromatic heterocycles. The van der Waals surface area contributed by atoms with Gasteiger partial charge in [-0.1, -0.05) is 30.3 Å². The lowest BCUT2D eigenvalue weighted by atomic mass is 10.1. The molecule has 5 nitrogen and oxygen atoms in total. The minimum Gasteiger partial charge on any atom is -0.494 e. The average Bonchev–Trinajstić information content (AvgIpc) is 2.96. The number of H-pyrrole nitrogens is 1. The van der Waals surface area contributed by atoms with Crippen LogP contribution >= 0.6 is 0 Å². The first-order valence-electron chi connectivity index (χ1n) is 7.19. The quantitative estimate of drug-likeness (QED) is 0.686. The second-order valence-electron chi connectivity index (χ2n) is 5.07. The number of imidazole rings is 1. The zero-order chi connectivity index (χ0) is 15.4. The highest BCUT2D eigenvalue weighted by Gasteiger charge is 2.08. The standard InChI is InChI=1S/C17H17N3O2/c18-16(21)17-19-14-9-8-13(11-15(14)20-17)22-10-4-7-12-5-2-1-3-6-12/h1-3,5-6,8-9,11H,4,7,10H2,(H2,18,21)(H,19,20). The highest BCUT2D eigenvalue weighted by molar-refractivity contribution is 5.93. The Hall–Kier alpha value is -2.82. The topological polar surface area (TPSA) is 81.0 Å². The van der Waals surface area contributed by atoms with Gasteiger partial charge >= 0.3 is 0 Å². The lowest BCUT2D eigenvalue weighted by molar-refractivity contribution is 0.0991. The number of aromatic nitrogens is 2. The van der Waals surface area contributed by atoms with Crippen molar-refractivity contribution >= 4 is 16.9 Å². The van der Waals surface area contributed by atoms with E-state index in [1.54, 1.807) is 6.07 Å². The molecule has 0 aliphatic heterocycles. The van der Waals surface area contributed by atoms with Gasteiger partial charge in [-0.3, -0.25) is 4.79 Å². The fourth-order valence-corrected chi connectivity index (χ4v) is 2.30. The van der Waals surface area contributed by atoms with Gasteiger partial charge in [-0.25, -0.2) is 4.98 Å². The van der Waals surface area contributed by atoms with Crippen LogP contribution in [0.2, 0.25) is 0 Å². The molecule has 2 aromatic carbocycles. The zero-order valence-corrected chi connectivity index (χ0v) is 12.1. The first kappa shape index (κ1) is 14.1. The van der Waals surface area contributed by atoms with Gasteiger partial charge in [0.25, 0.3) is 5.91 Å². The fraction of sp³-hybridized carbons (Fsp3) is 0.176. The lowest BCUT2D eigenvalue weighted by Gasteiger charge is -2.06. The van der Waals surface area contributed by atoms with Crippen molar-refractivity contribution in [2.45, 2.75) is 12.8 Å². The van der Waals surface area contributed by atoms with E-state index in [1.165, 1.54) is 5.56 Å². The van der Waals surface area contributed by atoms with Crippen LogP contribution in [-0.4, -0.2) is 22.5 Å². The highest BCUT2D eigenvalue weighted by Crippen LogP contribution is 2.19. The van der Waals surface area contributed by atoms with Crippen LogP contribution in [-0.2, 0) is 6.42 Å². The SMILES string of the molecule is NC(=O)c1nc2cc(OCCCc3ccccc3)ccc2[nH]1. The van der Waals surface area contributed by atoms with E-state index in [4.69, 9.17) is 10.5 Å². The van der Waals surface area contributed by atoms with Gasteiger partial charge in [0.15, 0.2) is 5.82 Å². The summed E-state index contributed by atoms with van der Waals surface area (Å²) in [7, 11) is 0. The van der Waals surface area contributed by atoms with Crippen LogP contribution in [0.4, 0.5) is 0 Å². The van der Waals surface area contributed by atoms with E-state index < -0.39 is 5.91 Å². The Bertz CT molecular complexity index is 781. The molecule has 1 amide bonds. The number of nitrogens with one attached hydrogen (secondary N) is 1. The second kappa shape index (κ2) is 6.30. The van der Waals surface area contributed by atoms with Gasteiger partial charge < -0.3 is 15.5 Å². The van der Waals surface area contributed by atoms with E-state index >= 15 is 0 Å². The molecule has 5 heteroatoms. The van der Waals surface area contributed by atoms with Gasteiger partial charge in [-0.05, 0) is 30.5 Å². The van der Waals surface area contributed by atoms with E-state index in [1.807, 2.05) is 30.3 Å². The van der Waals surface area contributed by atoms with Crippen LogP contribution in [0, 0.1) is 0 Å². The molecule has 0 saturated heterocycles. The summed E-state index contributed by atoms with van der Waals surface area (Å²) in [6, 6.07) is 15.8. The van der Waals surface area contributed by atoms with Gasteiger partial charge in [-0.15, -0.1) is 0 Å². The molecule has 1 heterocycles. The Kier molecular flexibility index (Phi) is 4.05. The van der Waals surface area contributed by atoms with Crippen LogP contribution in [0.1, 0.15) is 22.6 Å². The molecule has 0 aliphatic rings. The monoisotopic (exact) mass is 295 g/mol. The number of aromatic amines is 1. The second-order valence-corrected chi connectivity index (χ2v) is 5.07. The van der Waals surface area contributed by atoms with E-state index in [-0.39, 0.29) is 5.82 Å². The third kappa shape index (κ3) is 3.25. The van der Waals surface area contributed by atoms with Gasteiger partial charge in [0.05, 0.1) is 17.6 Å². The predicted octanol–water partition coefficient (Wildman–Crippen LogP) is 2.67. The van der Waals surface area contributed by atoms with Crippen molar-refractivity contribution in [3.05, 3.63) is 59.9 Å². The molecule has 3 N–H and O–H groups in total. The number of primary amides is 1. The molecule has 22 heavy (non-hydrogen) atoms. The summed E-state index contributed by atoms with van der Waals surface area (Å²) < 4.78 is 5.74. The third-order valence-electron chi connectivity index (χ3n) is 3.41. The number of fused-ring (bicyclic) bond motifs is 1. The van der Waals surface area contributed by atoms with E-state index in [9.17, 15) is 4.79 Å². The maximum atomic E-state index is 11.1. The molecule has 0 radical (unpaired) electrons. The molecule has 0 saturated carbocycles. The van der Waals surface area contributed by atoms with Gasteiger partial charge in [0, 0.05) is 6.07 Å². The normalized spacial score (nSPS) is 10.7. The maximum absolute atomic E-state index is 11.1. The number of carbonyl (C=O) groups is 1. The minimum absolute atomic E-state index is 0.163.